The number of hydrogen-bond donors (Lipinski definition) is 0. The second-order valence-electron chi connectivity index (χ2n) is 7.58. The molecule has 5 heterocycles. The summed E-state index contributed by atoms with van der Waals surface area (Å²) in [6.07, 6.45) is 4.16. The van der Waals surface area contributed by atoms with Crippen LogP contribution < -0.4 is 4.90 Å². The zero-order valence-corrected chi connectivity index (χ0v) is 16.6. The molecule has 9 nitrogen and oxygen atoms in total. The Morgan fingerprint density at radius 1 is 1.14 bits per heavy atom. The lowest BCUT2D eigenvalue weighted by Gasteiger charge is -2.31. The van der Waals surface area contributed by atoms with Gasteiger partial charge < -0.3 is 14.5 Å². The van der Waals surface area contributed by atoms with Crippen LogP contribution in [-0.2, 0) is 17.7 Å². The molecule has 0 N–H and O–H groups in total. The Morgan fingerprint density at radius 2 is 1.97 bits per heavy atom. The quantitative estimate of drug-likeness (QED) is 0.646. The van der Waals surface area contributed by atoms with Gasteiger partial charge in [0.15, 0.2) is 11.5 Å². The Labute approximate surface area is 168 Å². The van der Waals surface area contributed by atoms with E-state index in [1.165, 1.54) is 0 Å². The van der Waals surface area contributed by atoms with Crippen LogP contribution in [0.15, 0.2) is 18.6 Å². The maximum absolute atomic E-state index is 12.8. The summed E-state index contributed by atoms with van der Waals surface area (Å²) in [6, 6.07) is 1.99. The number of fused-ring (bicyclic) bond motifs is 2. The Morgan fingerprint density at radius 3 is 2.79 bits per heavy atom. The van der Waals surface area contributed by atoms with Crippen molar-refractivity contribution in [3.8, 4) is 0 Å². The van der Waals surface area contributed by atoms with E-state index in [-0.39, 0.29) is 5.91 Å². The predicted octanol–water partition coefficient (Wildman–Crippen LogP) is 1.17. The van der Waals surface area contributed by atoms with Gasteiger partial charge in [0.05, 0.1) is 18.8 Å². The molecule has 150 valence electrons. The van der Waals surface area contributed by atoms with Gasteiger partial charge in [-0.05, 0) is 25.5 Å². The molecule has 29 heavy (non-hydrogen) atoms. The average Bonchev–Trinajstić information content (AvgIpc) is 3.24. The van der Waals surface area contributed by atoms with Crippen molar-refractivity contribution in [1.29, 1.82) is 0 Å². The lowest BCUT2D eigenvalue weighted by Crippen LogP contribution is -2.41. The minimum atomic E-state index is 0.0248. The fourth-order valence-electron chi connectivity index (χ4n) is 4.04. The van der Waals surface area contributed by atoms with Gasteiger partial charge >= 0.3 is 0 Å². The van der Waals surface area contributed by atoms with Crippen molar-refractivity contribution < 1.29 is 9.53 Å². The first-order valence-electron chi connectivity index (χ1n) is 9.89. The molecule has 1 fully saturated rings. The predicted molar refractivity (Wildman–Crippen MR) is 106 cm³/mol. The van der Waals surface area contributed by atoms with E-state index in [1.54, 1.807) is 17.0 Å². The lowest BCUT2D eigenvalue weighted by atomic mass is 10.0. The maximum Gasteiger partial charge on any atom is 0.255 e. The van der Waals surface area contributed by atoms with Gasteiger partial charge in [0, 0.05) is 55.6 Å². The third-order valence-electron chi connectivity index (χ3n) is 5.85. The van der Waals surface area contributed by atoms with Crippen LogP contribution >= 0.6 is 0 Å². The van der Waals surface area contributed by atoms with Gasteiger partial charge in [-0.3, -0.25) is 9.78 Å². The summed E-state index contributed by atoms with van der Waals surface area (Å²) in [5.41, 5.74) is 5.74. The standard InChI is InChI=1S/C20H23N7O2/c1-13-14(2)19(24-27-12-22-23-18(13)27)26-4-3-17-16(11-26)9-15(10-21-17)20(28)25-5-7-29-8-6-25/h9-10,12H,3-8,11H2,1-2H3. The van der Waals surface area contributed by atoms with Gasteiger partial charge in [0.25, 0.3) is 5.91 Å². The number of amides is 1. The molecule has 3 aromatic heterocycles. The van der Waals surface area contributed by atoms with E-state index in [2.05, 4.69) is 27.0 Å². The lowest BCUT2D eigenvalue weighted by molar-refractivity contribution is 0.0302. The van der Waals surface area contributed by atoms with Gasteiger partial charge in [-0.25, -0.2) is 0 Å². The molecule has 0 aromatic carbocycles. The van der Waals surface area contributed by atoms with Gasteiger partial charge in [-0.1, -0.05) is 0 Å². The number of ether oxygens (including phenoxy) is 1. The van der Waals surface area contributed by atoms with Crippen LogP contribution in [0, 0.1) is 13.8 Å². The molecule has 0 saturated carbocycles. The number of anilines is 1. The molecule has 5 rings (SSSR count). The molecule has 0 spiro atoms. The first kappa shape index (κ1) is 18.0. The van der Waals surface area contributed by atoms with Crippen LogP contribution in [0.3, 0.4) is 0 Å². The van der Waals surface area contributed by atoms with Crippen molar-refractivity contribution >= 4 is 17.4 Å². The van der Waals surface area contributed by atoms with Crippen molar-refractivity contribution in [1.82, 2.24) is 29.7 Å². The summed E-state index contributed by atoms with van der Waals surface area (Å²) in [5.74, 6) is 0.946. The second-order valence-corrected chi connectivity index (χ2v) is 7.58. The highest BCUT2D eigenvalue weighted by Crippen LogP contribution is 2.28. The number of aromatic nitrogens is 5. The van der Waals surface area contributed by atoms with E-state index in [4.69, 9.17) is 9.84 Å². The molecule has 0 unspecified atom stereocenters. The number of carbonyl (C=O) groups excluding carboxylic acids is 1. The number of aryl methyl sites for hydroxylation is 1. The van der Waals surface area contributed by atoms with Crippen LogP contribution in [0.5, 0.6) is 0 Å². The van der Waals surface area contributed by atoms with Crippen LogP contribution in [0.4, 0.5) is 5.82 Å². The molecule has 1 amide bonds. The summed E-state index contributed by atoms with van der Waals surface area (Å²) in [5, 5.41) is 12.9. The van der Waals surface area contributed by atoms with Crippen LogP contribution in [0.25, 0.3) is 5.65 Å². The van der Waals surface area contributed by atoms with Crippen LogP contribution in [-0.4, -0.2) is 68.5 Å². The van der Waals surface area contributed by atoms with Gasteiger partial charge in [0.1, 0.15) is 6.33 Å². The third kappa shape index (κ3) is 3.11. The summed E-state index contributed by atoms with van der Waals surface area (Å²) < 4.78 is 7.08. The van der Waals surface area contributed by atoms with Gasteiger partial charge in [-0.15, -0.1) is 15.3 Å². The van der Waals surface area contributed by atoms with Crippen LogP contribution in [0.1, 0.15) is 32.7 Å². The highest BCUT2D eigenvalue weighted by molar-refractivity contribution is 5.94. The fourth-order valence-corrected chi connectivity index (χ4v) is 4.04. The highest BCUT2D eigenvalue weighted by atomic mass is 16.5. The van der Waals surface area contributed by atoms with E-state index >= 15 is 0 Å². The van der Waals surface area contributed by atoms with Crippen molar-refractivity contribution in [2.24, 2.45) is 0 Å². The Hall–Kier alpha value is -3.07. The normalized spacial score (nSPS) is 16.9. The largest absolute Gasteiger partial charge is 0.378 e. The number of nitrogens with zero attached hydrogens (tertiary/aromatic N) is 7. The van der Waals surface area contributed by atoms with Gasteiger partial charge in [0.2, 0.25) is 0 Å². The summed E-state index contributed by atoms with van der Waals surface area (Å²) >= 11 is 0. The number of carbonyl (C=O) groups is 1. The molecule has 2 aliphatic rings. The van der Waals surface area contributed by atoms with E-state index in [1.807, 2.05) is 17.9 Å². The summed E-state index contributed by atoms with van der Waals surface area (Å²) in [7, 11) is 0. The molecule has 2 aliphatic heterocycles. The number of pyridine rings is 1. The maximum atomic E-state index is 12.8. The molecular formula is C20H23N7O2. The monoisotopic (exact) mass is 393 g/mol. The molecule has 9 heteroatoms. The van der Waals surface area contributed by atoms with E-state index < -0.39 is 0 Å². The van der Waals surface area contributed by atoms with Gasteiger partial charge in [-0.2, -0.15) is 4.52 Å². The third-order valence-corrected chi connectivity index (χ3v) is 5.85. The topological polar surface area (TPSA) is 88.8 Å². The van der Waals surface area contributed by atoms with Crippen molar-refractivity contribution in [3.05, 3.63) is 46.5 Å². The molecule has 0 bridgehead atoms. The first-order valence-corrected chi connectivity index (χ1v) is 9.89. The summed E-state index contributed by atoms with van der Waals surface area (Å²) in [6.45, 7) is 8.06. The number of morpholine rings is 1. The average molecular weight is 393 g/mol. The zero-order valence-electron chi connectivity index (χ0n) is 16.6. The first-order chi connectivity index (χ1) is 14.1. The van der Waals surface area contributed by atoms with E-state index in [0.29, 0.717) is 38.4 Å². The molecule has 0 atom stereocenters. The molecule has 0 radical (unpaired) electrons. The Kier molecular flexibility index (Phi) is 4.39. The van der Waals surface area contributed by atoms with Crippen LogP contribution in [0.2, 0.25) is 0 Å². The fraction of sp³-hybridized carbons (Fsp3) is 0.450. The minimum absolute atomic E-state index is 0.0248. The second kappa shape index (κ2) is 7.07. The number of rotatable bonds is 2. The van der Waals surface area contributed by atoms with E-state index in [9.17, 15) is 4.79 Å². The van der Waals surface area contributed by atoms with Crippen molar-refractivity contribution in [2.75, 3.05) is 37.7 Å². The Balaban J connectivity index is 1.44. The Bertz CT molecular complexity index is 1090. The van der Waals surface area contributed by atoms with Crippen molar-refractivity contribution in [2.45, 2.75) is 26.8 Å². The van der Waals surface area contributed by atoms with Crippen molar-refractivity contribution in [3.63, 3.8) is 0 Å². The molecule has 3 aromatic rings. The minimum Gasteiger partial charge on any atom is -0.378 e. The smallest absolute Gasteiger partial charge is 0.255 e. The number of hydrogen-bond acceptors (Lipinski definition) is 7. The summed E-state index contributed by atoms with van der Waals surface area (Å²) in [4.78, 5) is 21.5. The highest BCUT2D eigenvalue weighted by Gasteiger charge is 2.25. The zero-order chi connectivity index (χ0) is 20.0. The van der Waals surface area contributed by atoms with E-state index in [0.717, 1.165) is 46.8 Å². The molecular weight excluding hydrogens is 370 g/mol. The SMILES string of the molecule is Cc1c(N2CCc3ncc(C(=O)N4CCOCC4)cc3C2)nn2cnnc2c1C. The molecule has 1 saturated heterocycles. The molecule has 0 aliphatic carbocycles.